The third-order valence-corrected chi connectivity index (χ3v) is 6.69. The van der Waals surface area contributed by atoms with Crippen molar-refractivity contribution in [2.75, 3.05) is 39.4 Å². The molecule has 2 heterocycles. The van der Waals surface area contributed by atoms with Gasteiger partial charge in [-0.3, -0.25) is 9.59 Å². The number of likely N-dealkylation sites (tertiary alicyclic amines) is 1. The number of rotatable bonds is 7. The van der Waals surface area contributed by atoms with Crippen molar-refractivity contribution in [3.05, 3.63) is 71.3 Å². The van der Waals surface area contributed by atoms with Gasteiger partial charge >= 0.3 is 0 Å². The Bertz CT molecular complexity index is 868. The molecule has 2 fully saturated rings. The van der Waals surface area contributed by atoms with Crippen LogP contribution >= 0.6 is 0 Å². The van der Waals surface area contributed by atoms with Crippen LogP contribution in [0.1, 0.15) is 47.2 Å². The van der Waals surface area contributed by atoms with E-state index in [2.05, 4.69) is 36.4 Å². The smallest absolute Gasteiger partial charge is 0.254 e. The molecule has 5 heteroatoms. The topological polar surface area (TPSA) is 49.9 Å². The lowest BCUT2D eigenvalue weighted by molar-refractivity contribution is -0.132. The van der Waals surface area contributed by atoms with Crippen molar-refractivity contribution in [1.82, 2.24) is 9.80 Å². The number of piperidine rings is 1. The summed E-state index contributed by atoms with van der Waals surface area (Å²) in [5.41, 5.74) is 3.33. The molecule has 2 aliphatic heterocycles. The van der Waals surface area contributed by atoms with Crippen LogP contribution in [0.5, 0.6) is 0 Å². The number of ether oxygens (including phenoxy) is 1. The second-order valence-corrected chi connectivity index (χ2v) is 8.97. The van der Waals surface area contributed by atoms with Gasteiger partial charge in [-0.2, -0.15) is 0 Å². The first kappa shape index (κ1) is 22.5. The van der Waals surface area contributed by atoms with E-state index in [4.69, 9.17) is 4.74 Å². The molecule has 0 aromatic heterocycles. The minimum Gasteiger partial charge on any atom is -0.378 e. The van der Waals surface area contributed by atoms with E-state index in [1.807, 2.05) is 28.0 Å². The lowest BCUT2D eigenvalue weighted by Crippen LogP contribution is -2.40. The Morgan fingerprint density at radius 1 is 0.812 bits per heavy atom. The number of carbonyl (C=O) groups is 2. The summed E-state index contributed by atoms with van der Waals surface area (Å²) in [4.78, 5) is 29.1. The average Bonchev–Trinajstić information content (AvgIpc) is 2.86. The van der Waals surface area contributed by atoms with Gasteiger partial charge in [0.25, 0.3) is 5.91 Å². The maximum atomic E-state index is 12.6. The number of amides is 2. The summed E-state index contributed by atoms with van der Waals surface area (Å²) >= 11 is 0. The van der Waals surface area contributed by atoms with E-state index in [-0.39, 0.29) is 5.91 Å². The first-order valence-corrected chi connectivity index (χ1v) is 12.0. The zero-order chi connectivity index (χ0) is 22.2. The molecule has 0 radical (unpaired) electrons. The Balaban J connectivity index is 1.18. The molecule has 32 heavy (non-hydrogen) atoms. The monoisotopic (exact) mass is 434 g/mol. The Morgan fingerprint density at radius 3 is 2.19 bits per heavy atom. The average molecular weight is 435 g/mol. The molecule has 0 bridgehead atoms. The summed E-state index contributed by atoms with van der Waals surface area (Å²) in [6, 6.07) is 18.5. The lowest BCUT2D eigenvalue weighted by atomic mass is 9.89. The minimum absolute atomic E-state index is 0.0962. The van der Waals surface area contributed by atoms with Gasteiger partial charge in [0.05, 0.1) is 13.2 Å². The fourth-order valence-electron chi connectivity index (χ4n) is 4.70. The fourth-order valence-corrected chi connectivity index (χ4v) is 4.70. The zero-order valence-corrected chi connectivity index (χ0v) is 18.9. The van der Waals surface area contributed by atoms with Crippen molar-refractivity contribution in [2.45, 2.75) is 38.5 Å². The van der Waals surface area contributed by atoms with Crippen LogP contribution in [-0.4, -0.2) is 61.0 Å². The van der Waals surface area contributed by atoms with Gasteiger partial charge in [0.2, 0.25) is 5.91 Å². The van der Waals surface area contributed by atoms with Gasteiger partial charge in [-0.1, -0.05) is 42.5 Å². The van der Waals surface area contributed by atoms with Gasteiger partial charge in [-0.25, -0.2) is 0 Å². The molecule has 5 nitrogen and oxygen atoms in total. The molecular weight excluding hydrogens is 400 g/mol. The Kier molecular flexibility index (Phi) is 7.94. The number of hydrogen-bond donors (Lipinski definition) is 0. The van der Waals surface area contributed by atoms with Crippen LogP contribution < -0.4 is 0 Å². The SMILES string of the molecule is O=C(CCCc1ccccc1)N1CCC(Cc2ccc(C(=O)N3CCOCC3)cc2)CC1. The first-order chi connectivity index (χ1) is 15.7. The number of morpholine rings is 1. The highest BCUT2D eigenvalue weighted by Gasteiger charge is 2.23. The fraction of sp³-hybridized carbons (Fsp3) is 0.481. The maximum absolute atomic E-state index is 12.6. The molecule has 2 aliphatic rings. The lowest BCUT2D eigenvalue weighted by Gasteiger charge is -2.32. The molecule has 0 unspecified atom stereocenters. The summed E-state index contributed by atoms with van der Waals surface area (Å²) < 4.78 is 5.33. The van der Waals surface area contributed by atoms with Crippen molar-refractivity contribution in [3.63, 3.8) is 0 Å². The highest BCUT2D eigenvalue weighted by molar-refractivity contribution is 5.94. The molecule has 2 aromatic carbocycles. The molecule has 2 aromatic rings. The van der Waals surface area contributed by atoms with E-state index in [9.17, 15) is 9.59 Å². The maximum Gasteiger partial charge on any atom is 0.254 e. The van der Waals surface area contributed by atoms with Crippen LogP contribution in [0.2, 0.25) is 0 Å². The molecule has 4 rings (SSSR count). The molecular formula is C27H34N2O3. The number of aryl methyl sites for hydroxylation is 1. The van der Waals surface area contributed by atoms with Crippen LogP contribution in [0, 0.1) is 5.92 Å². The standard InChI is InChI=1S/C27H34N2O3/c30-26(8-4-7-22-5-2-1-3-6-22)28-15-13-24(14-16-28)21-23-9-11-25(12-10-23)27(31)29-17-19-32-20-18-29/h1-3,5-6,9-12,24H,4,7-8,13-21H2. The summed E-state index contributed by atoms with van der Waals surface area (Å²) in [5.74, 6) is 0.994. The van der Waals surface area contributed by atoms with Gasteiger partial charge in [-0.05, 0) is 61.3 Å². The zero-order valence-electron chi connectivity index (χ0n) is 18.9. The Hall–Kier alpha value is -2.66. The number of benzene rings is 2. The number of nitrogens with zero attached hydrogens (tertiary/aromatic N) is 2. The van der Waals surface area contributed by atoms with Crippen molar-refractivity contribution in [3.8, 4) is 0 Å². The van der Waals surface area contributed by atoms with Crippen molar-refractivity contribution < 1.29 is 14.3 Å². The second kappa shape index (κ2) is 11.3. The van der Waals surface area contributed by atoms with Gasteiger partial charge in [0, 0.05) is 38.2 Å². The van der Waals surface area contributed by atoms with E-state index in [0.717, 1.165) is 50.8 Å². The van der Waals surface area contributed by atoms with Crippen LogP contribution in [-0.2, 0) is 22.4 Å². The summed E-state index contributed by atoms with van der Waals surface area (Å²) in [6.45, 7) is 4.31. The van der Waals surface area contributed by atoms with E-state index in [1.165, 1.54) is 11.1 Å². The predicted octanol–water partition coefficient (Wildman–Crippen LogP) is 3.96. The first-order valence-electron chi connectivity index (χ1n) is 12.0. The third kappa shape index (κ3) is 6.19. The van der Waals surface area contributed by atoms with Crippen LogP contribution in [0.4, 0.5) is 0 Å². The van der Waals surface area contributed by atoms with E-state index < -0.39 is 0 Å². The molecule has 0 saturated carbocycles. The molecule has 0 N–H and O–H groups in total. The molecule has 2 saturated heterocycles. The van der Waals surface area contributed by atoms with E-state index in [0.29, 0.717) is 44.5 Å². The van der Waals surface area contributed by atoms with Crippen LogP contribution in [0.3, 0.4) is 0 Å². The molecule has 0 aliphatic carbocycles. The van der Waals surface area contributed by atoms with Crippen LogP contribution in [0.25, 0.3) is 0 Å². The van der Waals surface area contributed by atoms with Crippen molar-refractivity contribution in [2.24, 2.45) is 5.92 Å². The molecule has 0 spiro atoms. The summed E-state index contributed by atoms with van der Waals surface area (Å²) in [6.07, 6.45) is 5.64. The molecule has 170 valence electrons. The van der Waals surface area contributed by atoms with Gasteiger partial charge < -0.3 is 14.5 Å². The predicted molar refractivity (Wildman–Crippen MR) is 126 cm³/mol. The van der Waals surface area contributed by atoms with E-state index in [1.54, 1.807) is 0 Å². The Morgan fingerprint density at radius 2 is 1.50 bits per heavy atom. The quantitative estimate of drug-likeness (QED) is 0.663. The molecule has 0 atom stereocenters. The summed E-state index contributed by atoms with van der Waals surface area (Å²) in [7, 11) is 0. The van der Waals surface area contributed by atoms with Crippen LogP contribution in [0.15, 0.2) is 54.6 Å². The number of carbonyl (C=O) groups excluding carboxylic acids is 2. The Labute approximate surface area is 191 Å². The largest absolute Gasteiger partial charge is 0.378 e. The highest BCUT2D eigenvalue weighted by atomic mass is 16.5. The highest BCUT2D eigenvalue weighted by Crippen LogP contribution is 2.23. The van der Waals surface area contributed by atoms with Gasteiger partial charge in [0.15, 0.2) is 0 Å². The minimum atomic E-state index is 0.0962. The van der Waals surface area contributed by atoms with E-state index >= 15 is 0 Å². The normalized spacial score (nSPS) is 17.4. The number of hydrogen-bond acceptors (Lipinski definition) is 3. The van der Waals surface area contributed by atoms with Gasteiger partial charge in [-0.15, -0.1) is 0 Å². The molecule has 2 amide bonds. The second-order valence-electron chi connectivity index (χ2n) is 8.97. The third-order valence-electron chi connectivity index (χ3n) is 6.69. The summed E-state index contributed by atoms with van der Waals surface area (Å²) in [5, 5.41) is 0. The van der Waals surface area contributed by atoms with Crippen molar-refractivity contribution in [1.29, 1.82) is 0 Å². The van der Waals surface area contributed by atoms with Crippen molar-refractivity contribution >= 4 is 11.8 Å². The van der Waals surface area contributed by atoms with Gasteiger partial charge in [0.1, 0.15) is 0 Å².